The fourth-order valence-corrected chi connectivity index (χ4v) is 1.30. The molecule has 0 atom stereocenters. The SMILES string of the molecule is CC(=C[N+](=O)[O-])N1CCCC1. The van der Waals surface area contributed by atoms with Crippen LogP contribution < -0.4 is 0 Å². The third kappa shape index (κ3) is 2.22. The summed E-state index contributed by atoms with van der Waals surface area (Å²) in [7, 11) is 0. The number of hydrogen-bond donors (Lipinski definition) is 0. The first-order valence-corrected chi connectivity index (χ1v) is 3.77. The minimum atomic E-state index is -0.395. The van der Waals surface area contributed by atoms with Gasteiger partial charge in [0.15, 0.2) is 0 Å². The molecule has 11 heavy (non-hydrogen) atoms. The molecular formula is C7H12N2O2. The molecule has 0 saturated carbocycles. The summed E-state index contributed by atoms with van der Waals surface area (Å²) in [5, 5.41) is 10.1. The summed E-state index contributed by atoms with van der Waals surface area (Å²) in [6, 6.07) is 0. The van der Waals surface area contributed by atoms with Crippen molar-refractivity contribution in [1.82, 2.24) is 4.90 Å². The van der Waals surface area contributed by atoms with Gasteiger partial charge in [-0.05, 0) is 19.8 Å². The Morgan fingerprint density at radius 2 is 2.09 bits per heavy atom. The summed E-state index contributed by atoms with van der Waals surface area (Å²) in [5.74, 6) is 0. The summed E-state index contributed by atoms with van der Waals surface area (Å²) < 4.78 is 0. The first kappa shape index (κ1) is 8.04. The van der Waals surface area contributed by atoms with E-state index in [0.717, 1.165) is 37.8 Å². The molecule has 4 heteroatoms. The zero-order valence-corrected chi connectivity index (χ0v) is 6.62. The van der Waals surface area contributed by atoms with Crippen molar-refractivity contribution in [2.24, 2.45) is 0 Å². The van der Waals surface area contributed by atoms with Gasteiger partial charge in [0.25, 0.3) is 6.20 Å². The molecule has 1 saturated heterocycles. The van der Waals surface area contributed by atoms with Crippen molar-refractivity contribution < 1.29 is 4.92 Å². The second-order valence-corrected chi connectivity index (χ2v) is 2.75. The van der Waals surface area contributed by atoms with Gasteiger partial charge in [0.1, 0.15) is 0 Å². The van der Waals surface area contributed by atoms with Gasteiger partial charge in [-0.3, -0.25) is 10.1 Å². The molecule has 1 fully saturated rings. The quantitative estimate of drug-likeness (QED) is 0.446. The van der Waals surface area contributed by atoms with E-state index in [9.17, 15) is 10.1 Å². The highest BCUT2D eigenvalue weighted by molar-refractivity contribution is 4.94. The van der Waals surface area contributed by atoms with Crippen molar-refractivity contribution in [2.45, 2.75) is 19.8 Å². The van der Waals surface area contributed by atoms with Crippen molar-refractivity contribution in [2.75, 3.05) is 13.1 Å². The molecule has 0 amide bonds. The fourth-order valence-electron chi connectivity index (χ4n) is 1.30. The maximum Gasteiger partial charge on any atom is 0.253 e. The Morgan fingerprint density at radius 3 is 2.55 bits per heavy atom. The molecule has 0 aromatic heterocycles. The van der Waals surface area contributed by atoms with Gasteiger partial charge in [-0.15, -0.1) is 0 Å². The Labute approximate surface area is 65.6 Å². The van der Waals surface area contributed by atoms with Crippen LogP contribution >= 0.6 is 0 Å². The van der Waals surface area contributed by atoms with Gasteiger partial charge >= 0.3 is 0 Å². The maximum atomic E-state index is 10.1. The lowest BCUT2D eigenvalue weighted by Gasteiger charge is -2.14. The molecule has 1 aliphatic heterocycles. The smallest absolute Gasteiger partial charge is 0.253 e. The Kier molecular flexibility index (Phi) is 2.46. The van der Waals surface area contributed by atoms with Gasteiger partial charge in [0.05, 0.1) is 10.6 Å². The lowest BCUT2D eigenvalue weighted by Crippen LogP contribution is -2.17. The molecular weight excluding hydrogens is 144 g/mol. The highest BCUT2D eigenvalue weighted by atomic mass is 16.6. The van der Waals surface area contributed by atoms with E-state index in [-0.39, 0.29) is 0 Å². The second-order valence-electron chi connectivity index (χ2n) is 2.75. The number of rotatable bonds is 2. The summed E-state index contributed by atoms with van der Waals surface area (Å²) in [6.07, 6.45) is 3.39. The zero-order valence-electron chi connectivity index (χ0n) is 6.62. The predicted molar refractivity (Wildman–Crippen MR) is 41.6 cm³/mol. The number of allylic oxidation sites excluding steroid dienone is 1. The molecule has 0 aromatic carbocycles. The molecule has 0 aliphatic carbocycles. The Balaban J connectivity index is 2.51. The topological polar surface area (TPSA) is 46.4 Å². The molecule has 0 spiro atoms. The zero-order chi connectivity index (χ0) is 8.27. The third-order valence-corrected chi connectivity index (χ3v) is 1.90. The van der Waals surface area contributed by atoms with E-state index < -0.39 is 4.92 Å². The maximum absolute atomic E-state index is 10.1. The van der Waals surface area contributed by atoms with Crippen LogP contribution in [-0.2, 0) is 0 Å². The van der Waals surface area contributed by atoms with E-state index in [4.69, 9.17) is 0 Å². The Hall–Kier alpha value is -1.06. The van der Waals surface area contributed by atoms with E-state index in [1.54, 1.807) is 6.92 Å². The van der Waals surface area contributed by atoms with Gasteiger partial charge in [-0.25, -0.2) is 0 Å². The summed E-state index contributed by atoms with van der Waals surface area (Å²) in [4.78, 5) is 11.7. The van der Waals surface area contributed by atoms with E-state index >= 15 is 0 Å². The lowest BCUT2D eigenvalue weighted by atomic mass is 10.4. The molecule has 0 unspecified atom stereocenters. The predicted octanol–water partition coefficient (Wildman–Crippen LogP) is 1.22. The summed E-state index contributed by atoms with van der Waals surface area (Å²) >= 11 is 0. The number of nitrogens with zero attached hydrogens (tertiary/aromatic N) is 2. The van der Waals surface area contributed by atoms with Crippen LogP contribution in [0.4, 0.5) is 0 Å². The average molecular weight is 156 g/mol. The first-order chi connectivity index (χ1) is 5.20. The molecule has 0 aromatic rings. The minimum absolute atomic E-state index is 0.395. The Morgan fingerprint density at radius 1 is 1.55 bits per heavy atom. The van der Waals surface area contributed by atoms with Crippen LogP contribution in [0.15, 0.2) is 11.9 Å². The molecule has 4 nitrogen and oxygen atoms in total. The highest BCUT2D eigenvalue weighted by Crippen LogP contribution is 2.13. The van der Waals surface area contributed by atoms with Crippen LogP contribution in [0.25, 0.3) is 0 Å². The number of hydrogen-bond acceptors (Lipinski definition) is 3. The van der Waals surface area contributed by atoms with Crippen LogP contribution in [0.2, 0.25) is 0 Å². The van der Waals surface area contributed by atoms with Crippen LogP contribution in [0.3, 0.4) is 0 Å². The molecule has 0 bridgehead atoms. The molecule has 1 heterocycles. The van der Waals surface area contributed by atoms with Crippen molar-refractivity contribution in [1.29, 1.82) is 0 Å². The van der Waals surface area contributed by atoms with Crippen LogP contribution in [0.5, 0.6) is 0 Å². The van der Waals surface area contributed by atoms with E-state index in [1.807, 2.05) is 4.90 Å². The number of likely N-dealkylation sites (tertiary alicyclic amines) is 1. The normalized spacial score (nSPS) is 19.0. The molecule has 0 radical (unpaired) electrons. The van der Waals surface area contributed by atoms with Gasteiger partial charge in [-0.1, -0.05) is 0 Å². The van der Waals surface area contributed by atoms with Gasteiger partial charge in [-0.2, -0.15) is 0 Å². The van der Waals surface area contributed by atoms with Crippen molar-refractivity contribution >= 4 is 0 Å². The minimum Gasteiger partial charge on any atom is -0.370 e. The summed E-state index contributed by atoms with van der Waals surface area (Å²) in [5.41, 5.74) is 0.771. The van der Waals surface area contributed by atoms with Crippen molar-refractivity contribution in [3.05, 3.63) is 22.0 Å². The second kappa shape index (κ2) is 3.37. The molecule has 0 N–H and O–H groups in total. The van der Waals surface area contributed by atoms with Gasteiger partial charge < -0.3 is 4.90 Å². The molecule has 1 rings (SSSR count). The number of nitro groups is 1. The lowest BCUT2D eigenvalue weighted by molar-refractivity contribution is -0.404. The van der Waals surface area contributed by atoms with E-state index in [2.05, 4.69) is 0 Å². The monoisotopic (exact) mass is 156 g/mol. The average Bonchev–Trinajstić information content (AvgIpc) is 2.35. The largest absolute Gasteiger partial charge is 0.370 e. The highest BCUT2D eigenvalue weighted by Gasteiger charge is 2.13. The van der Waals surface area contributed by atoms with Crippen molar-refractivity contribution in [3.8, 4) is 0 Å². The van der Waals surface area contributed by atoms with Gasteiger partial charge in [0.2, 0.25) is 0 Å². The van der Waals surface area contributed by atoms with Gasteiger partial charge in [0, 0.05) is 13.1 Å². The van der Waals surface area contributed by atoms with E-state index in [1.165, 1.54) is 0 Å². The Bertz CT molecular complexity index is 183. The van der Waals surface area contributed by atoms with Crippen molar-refractivity contribution in [3.63, 3.8) is 0 Å². The van der Waals surface area contributed by atoms with Crippen LogP contribution in [-0.4, -0.2) is 22.9 Å². The fraction of sp³-hybridized carbons (Fsp3) is 0.714. The molecule has 1 aliphatic rings. The first-order valence-electron chi connectivity index (χ1n) is 3.77. The van der Waals surface area contributed by atoms with Crippen LogP contribution in [0, 0.1) is 10.1 Å². The molecule has 62 valence electrons. The van der Waals surface area contributed by atoms with E-state index in [0.29, 0.717) is 0 Å². The summed E-state index contributed by atoms with van der Waals surface area (Å²) in [6.45, 7) is 3.72. The standard InChI is InChI=1S/C7H12N2O2/c1-7(6-9(10)11)8-4-2-3-5-8/h6H,2-5H2,1H3. The van der Waals surface area contributed by atoms with Crippen LogP contribution in [0.1, 0.15) is 19.8 Å². The third-order valence-electron chi connectivity index (χ3n) is 1.90.